The van der Waals surface area contributed by atoms with Gasteiger partial charge in [0.25, 0.3) is 10.0 Å². The zero-order valence-electron chi connectivity index (χ0n) is 12.7. The number of sulfonamides is 1. The van der Waals surface area contributed by atoms with E-state index in [2.05, 4.69) is 27.3 Å². The molecule has 2 heterocycles. The Bertz CT molecular complexity index is 1010. The van der Waals surface area contributed by atoms with Crippen molar-refractivity contribution in [1.29, 1.82) is 0 Å². The van der Waals surface area contributed by atoms with Crippen LogP contribution in [0.2, 0.25) is 0 Å². The van der Waals surface area contributed by atoms with Gasteiger partial charge in [-0.15, -0.1) is 0 Å². The zero-order valence-corrected chi connectivity index (χ0v) is 14.4. The molecule has 3 aromatic rings. The molecule has 0 atom stereocenters. The lowest BCUT2D eigenvalue weighted by atomic mass is 10.2. The lowest BCUT2D eigenvalue weighted by Gasteiger charge is -2.08. The number of imidazole rings is 1. The summed E-state index contributed by atoms with van der Waals surface area (Å²) in [7, 11) is -1.96. The first-order valence-corrected chi connectivity index (χ1v) is 9.06. The number of ketones is 1. The molecule has 2 aromatic heterocycles. The van der Waals surface area contributed by atoms with Crippen molar-refractivity contribution in [3.05, 3.63) is 48.4 Å². The number of hydrogen-bond donors (Lipinski definition) is 2. The molecule has 0 aliphatic carbocycles. The van der Waals surface area contributed by atoms with Crippen LogP contribution in [0.25, 0.3) is 11.0 Å². The minimum atomic E-state index is -3.80. The highest BCUT2D eigenvalue weighted by Crippen LogP contribution is 2.20. The molecule has 7 nitrogen and oxygen atoms in total. The van der Waals surface area contributed by atoms with Crippen LogP contribution < -0.4 is 4.72 Å². The van der Waals surface area contributed by atoms with E-state index < -0.39 is 10.0 Å². The fourth-order valence-corrected chi connectivity index (χ4v) is 3.40. The number of thiol groups is 1. The van der Waals surface area contributed by atoms with Gasteiger partial charge in [-0.1, -0.05) is 0 Å². The number of nitrogens with zero attached hydrogens (tertiary/aromatic N) is 3. The lowest BCUT2D eigenvalue weighted by Crippen LogP contribution is -2.14. The van der Waals surface area contributed by atoms with Gasteiger partial charge in [0.1, 0.15) is 5.82 Å². The van der Waals surface area contributed by atoms with Gasteiger partial charge in [0.2, 0.25) is 0 Å². The first kappa shape index (κ1) is 16.5. The number of pyridine rings is 1. The first-order chi connectivity index (χ1) is 11.4. The molecule has 0 spiro atoms. The van der Waals surface area contributed by atoms with Crippen LogP contribution in [0.1, 0.15) is 10.4 Å². The Hall–Kier alpha value is -2.39. The number of carbonyl (C=O) groups is 1. The molecule has 1 N–H and O–H groups in total. The molecular formula is C15H14N4O3S2. The fraction of sp³-hybridized carbons (Fsp3) is 0.133. The summed E-state index contributed by atoms with van der Waals surface area (Å²) >= 11 is 3.90. The average Bonchev–Trinajstić information content (AvgIpc) is 2.95. The first-order valence-electron chi connectivity index (χ1n) is 6.95. The molecule has 0 bridgehead atoms. The summed E-state index contributed by atoms with van der Waals surface area (Å²) in [5.41, 5.74) is 1.80. The fourth-order valence-electron chi connectivity index (χ4n) is 2.19. The number of carbonyl (C=O) groups excluding carboxylic acids is 1. The third-order valence-corrected chi connectivity index (χ3v) is 5.11. The molecule has 0 saturated heterocycles. The number of Topliss-reactive ketones (excluding diaryl/α,β-unsaturated/α-hetero) is 1. The quantitative estimate of drug-likeness (QED) is 0.534. The summed E-state index contributed by atoms with van der Waals surface area (Å²) in [6.45, 7) is 0. The zero-order chi connectivity index (χ0) is 17.3. The second-order valence-corrected chi connectivity index (χ2v) is 7.12. The molecule has 0 amide bonds. The van der Waals surface area contributed by atoms with Gasteiger partial charge >= 0.3 is 0 Å². The average molecular weight is 362 g/mol. The van der Waals surface area contributed by atoms with Crippen molar-refractivity contribution in [2.75, 3.05) is 10.5 Å². The molecule has 0 radical (unpaired) electrons. The standard InChI is InChI=1S/C15H14N4O3S2/c1-19-9-17-12-6-11(3-4-13(12)19)24(21,22)18-15-5-2-10(7-16-15)14(20)8-23/h2-7,9,23H,8H2,1H3,(H,16,18). The minimum absolute atomic E-state index is 0.0663. The van der Waals surface area contributed by atoms with Crippen LogP contribution >= 0.6 is 12.6 Å². The van der Waals surface area contributed by atoms with Gasteiger partial charge in [0.05, 0.1) is 28.0 Å². The highest BCUT2D eigenvalue weighted by Gasteiger charge is 2.16. The van der Waals surface area contributed by atoms with E-state index >= 15 is 0 Å². The van der Waals surface area contributed by atoms with Gasteiger partial charge in [0.15, 0.2) is 5.78 Å². The van der Waals surface area contributed by atoms with E-state index in [4.69, 9.17) is 0 Å². The van der Waals surface area contributed by atoms with Crippen LogP contribution in [0, 0.1) is 0 Å². The van der Waals surface area contributed by atoms with E-state index in [1.165, 1.54) is 30.5 Å². The van der Waals surface area contributed by atoms with Gasteiger partial charge in [-0.2, -0.15) is 12.6 Å². The third-order valence-electron chi connectivity index (χ3n) is 3.48. The Kier molecular flexibility index (Phi) is 4.29. The summed E-state index contributed by atoms with van der Waals surface area (Å²) in [4.78, 5) is 19.7. The predicted molar refractivity (Wildman–Crippen MR) is 93.9 cm³/mol. The molecule has 0 unspecified atom stereocenters. The van der Waals surface area contributed by atoms with Gasteiger partial charge in [0, 0.05) is 18.8 Å². The molecule has 124 valence electrons. The number of fused-ring (bicyclic) bond motifs is 1. The number of anilines is 1. The highest BCUT2D eigenvalue weighted by molar-refractivity contribution is 7.92. The van der Waals surface area contributed by atoms with Crippen molar-refractivity contribution in [1.82, 2.24) is 14.5 Å². The summed E-state index contributed by atoms with van der Waals surface area (Å²) in [6, 6.07) is 7.64. The SMILES string of the molecule is Cn1cnc2cc(S(=O)(=O)Nc3ccc(C(=O)CS)cn3)ccc21. The Morgan fingerprint density at radius 3 is 2.71 bits per heavy atom. The highest BCUT2D eigenvalue weighted by atomic mass is 32.2. The van der Waals surface area contributed by atoms with Crippen molar-refractivity contribution < 1.29 is 13.2 Å². The van der Waals surface area contributed by atoms with Crippen LogP contribution in [0.15, 0.2) is 47.8 Å². The predicted octanol–water partition coefficient (Wildman–Crippen LogP) is 1.88. The van der Waals surface area contributed by atoms with Crippen molar-refractivity contribution in [2.45, 2.75) is 4.90 Å². The number of hydrogen-bond acceptors (Lipinski definition) is 6. The van der Waals surface area contributed by atoms with E-state index in [0.29, 0.717) is 11.1 Å². The van der Waals surface area contributed by atoms with Gasteiger partial charge in [-0.3, -0.25) is 9.52 Å². The molecule has 0 fully saturated rings. The minimum Gasteiger partial charge on any atom is -0.334 e. The number of aromatic nitrogens is 3. The van der Waals surface area contributed by atoms with Gasteiger partial charge in [-0.05, 0) is 30.3 Å². The monoisotopic (exact) mass is 362 g/mol. The Morgan fingerprint density at radius 2 is 2.04 bits per heavy atom. The molecule has 0 aliphatic rings. The Morgan fingerprint density at radius 1 is 1.25 bits per heavy atom. The summed E-state index contributed by atoms with van der Waals surface area (Å²) in [6.07, 6.45) is 2.94. The molecule has 9 heteroatoms. The molecule has 1 aromatic carbocycles. The molecular weight excluding hydrogens is 348 g/mol. The summed E-state index contributed by atoms with van der Waals surface area (Å²) < 4.78 is 29.1. The Balaban J connectivity index is 1.88. The molecule has 0 saturated carbocycles. The molecule has 24 heavy (non-hydrogen) atoms. The molecule has 0 aliphatic heterocycles. The normalized spacial score (nSPS) is 11.6. The number of nitrogens with one attached hydrogen (secondary N) is 1. The lowest BCUT2D eigenvalue weighted by molar-refractivity contribution is 0.102. The van der Waals surface area contributed by atoms with Crippen molar-refractivity contribution in [3.8, 4) is 0 Å². The maximum Gasteiger partial charge on any atom is 0.263 e. The van der Waals surface area contributed by atoms with Crippen molar-refractivity contribution in [3.63, 3.8) is 0 Å². The van der Waals surface area contributed by atoms with Crippen LogP contribution in [0.4, 0.5) is 5.82 Å². The second kappa shape index (κ2) is 6.25. The maximum absolute atomic E-state index is 12.5. The summed E-state index contributed by atoms with van der Waals surface area (Å²) in [5.74, 6) is 0.0179. The van der Waals surface area contributed by atoms with Crippen LogP contribution in [0.5, 0.6) is 0 Å². The smallest absolute Gasteiger partial charge is 0.263 e. The number of rotatable bonds is 5. The second-order valence-electron chi connectivity index (χ2n) is 5.12. The number of aryl methyl sites for hydroxylation is 1. The Labute approximate surface area is 144 Å². The van der Waals surface area contributed by atoms with Crippen LogP contribution in [-0.2, 0) is 17.1 Å². The van der Waals surface area contributed by atoms with Gasteiger partial charge in [-0.25, -0.2) is 18.4 Å². The number of benzene rings is 1. The van der Waals surface area contributed by atoms with E-state index in [-0.39, 0.29) is 22.2 Å². The maximum atomic E-state index is 12.5. The van der Waals surface area contributed by atoms with Crippen molar-refractivity contribution >= 4 is 45.3 Å². The van der Waals surface area contributed by atoms with E-state index in [1.807, 2.05) is 7.05 Å². The van der Waals surface area contributed by atoms with E-state index in [1.54, 1.807) is 17.0 Å². The molecule has 3 rings (SSSR count). The van der Waals surface area contributed by atoms with Crippen molar-refractivity contribution in [2.24, 2.45) is 7.05 Å². The van der Waals surface area contributed by atoms with Crippen LogP contribution in [0.3, 0.4) is 0 Å². The summed E-state index contributed by atoms with van der Waals surface area (Å²) in [5, 5.41) is 0. The van der Waals surface area contributed by atoms with E-state index in [9.17, 15) is 13.2 Å². The topological polar surface area (TPSA) is 94.0 Å². The van der Waals surface area contributed by atoms with Crippen LogP contribution in [-0.4, -0.2) is 34.5 Å². The largest absolute Gasteiger partial charge is 0.334 e. The van der Waals surface area contributed by atoms with E-state index in [0.717, 1.165) is 5.52 Å². The van der Waals surface area contributed by atoms with Gasteiger partial charge < -0.3 is 4.57 Å². The third kappa shape index (κ3) is 3.13.